The molecule has 0 fully saturated rings. The second-order valence-corrected chi connectivity index (χ2v) is 8.57. The van der Waals surface area contributed by atoms with E-state index in [4.69, 9.17) is 4.98 Å². The number of carbonyl (C=O) groups excluding carboxylic acids is 1. The molecule has 1 heterocycles. The molecule has 3 rings (SSSR count). The molecule has 4 nitrogen and oxygen atoms in total. The molecule has 0 saturated heterocycles. The molecule has 0 aliphatic heterocycles. The van der Waals surface area contributed by atoms with Crippen LogP contribution < -0.4 is 5.32 Å². The number of hydrogen-bond acceptors (Lipinski definition) is 2. The summed E-state index contributed by atoms with van der Waals surface area (Å²) in [5, 5.41) is 3.11. The van der Waals surface area contributed by atoms with E-state index < -0.39 is 0 Å². The van der Waals surface area contributed by atoms with Crippen LogP contribution in [-0.2, 0) is 11.2 Å². The van der Waals surface area contributed by atoms with E-state index in [9.17, 15) is 9.18 Å². The van der Waals surface area contributed by atoms with Crippen LogP contribution in [0.25, 0.3) is 11.0 Å². The third-order valence-electron chi connectivity index (χ3n) is 5.51. The zero-order valence-electron chi connectivity index (χ0n) is 18.6. The van der Waals surface area contributed by atoms with E-state index >= 15 is 0 Å². The highest BCUT2D eigenvalue weighted by atomic mass is 19.1. The normalized spacial score (nSPS) is 12.5. The first-order valence-electron chi connectivity index (χ1n) is 10.8. The Morgan fingerprint density at radius 3 is 2.43 bits per heavy atom. The van der Waals surface area contributed by atoms with E-state index in [0.29, 0.717) is 18.9 Å². The van der Waals surface area contributed by atoms with Gasteiger partial charge in [0.25, 0.3) is 0 Å². The van der Waals surface area contributed by atoms with Crippen molar-refractivity contribution in [3.05, 3.63) is 64.7 Å². The number of fused-ring (bicyclic) bond motifs is 1. The summed E-state index contributed by atoms with van der Waals surface area (Å²) in [5.74, 6) is 0.998. The lowest BCUT2D eigenvalue weighted by atomic mass is 10.1. The smallest absolute Gasteiger partial charge is 0.243 e. The first-order valence-corrected chi connectivity index (χ1v) is 10.8. The zero-order chi connectivity index (χ0) is 21.8. The summed E-state index contributed by atoms with van der Waals surface area (Å²) >= 11 is 0. The third kappa shape index (κ3) is 4.89. The van der Waals surface area contributed by atoms with Crippen molar-refractivity contribution in [1.82, 2.24) is 14.9 Å². The predicted molar refractivity (Wildman–Crippen MR) is 120 cm³/mol. The molecular weight excluding hydrogens is 377 g/mol. The molecule has 1 amide bonds. The van der Waals surface area contributed by atoms with Crippen LogP contribution in [0.4, 0.5) is 4.39 Å². The Kier molecular flexibility index (Phi) is 6.91. The summed E-state index contributed by atoms with van der Waals surface area (Å²) in [4.78, 5) is 18.1. The van der Waals surface area contributed by atoms with Crippen molar-refractivity contribution < 1.29 is 9.18 Å². The molecule has 0 bridgehead atoms. The van der Waals surface area contributed by atoms with Gasteiger partial charge < -0.3 is 9.88 Å². The number of nitrogens with one attached hydrogen (secondary N) is 1. The molecule has 1 atom stereocenters. The number of rotatable bonds is 8. The molecule has 0 unspecified atom stereocenters. The average molecular weight is 410 g/mol. The fourth-order valence-corrected chi connectivity index (χ4v) is 3.73. The molecule has 0 radical (unpaired) electrons. The Morgan fingerprint density at radius 2 is 1.80 bits per heavy atom. The van der Waals surface area contributed by atoms with Crippen molar-refractivity contribution in [3.8, 4) is 0 Å². The highest BCUT2D eigenvalue weighted by Gasteiger charge is 2.25. The Morgan fingerprint density at radius 1 is 1.13 bits per heavy atom. The SMILES string of the molecule is CCC[C@@H](C(=O)NCC(C)C)n1c(Cc2ccc(F)cc2)nc2cc(C)c(C)cc21. The molecule has 5 heteroatoms. The number of imidazole rings is 1. The number of aromatic nitrogens is 2. The zero-order valence-corrected chi connectivity index (χ0v) is 18.6. The van der Waals surface area contributed by atoms with Gasteiger partial charge >= 0.3 is 0 Å². The topological polar surface area (TPSA) is 46.9 Å². The van der Waals surface area contributed by atoms with Gasteiger partial charge in [0.2, 0.25) is 5.91 Å². The van der Waals surface area contributed by atoms with E-state index in [0.717, 1.165) is 35.3 Å². The predicted octanol–water partition coefficient (Wildman–Crippen LogP) is 5.50. The summed E-state index contributed by atoms with van der Waals surface area (Å²) < 4.78 is 15.5. The number of aryl methyl sites for hydroxylation is 2. The van der Waals surface area contributed by atoms with Gasteiger partial charge in [0, 0.05) is 13.0 Å². The number of carbonyl (C=O) groups is 1. The van der Waals surface area contributed by atoms with Crippen LogP contribution in [0.15, 0.2) is 36.4 Å². The molecular formula is C25H32FN3O. The average Bonchev–Trinajstić information content (AvgIpc) is 3.02. The van der Waals surface area contributed by atoms with Gasteiger partial charge in [-0.2, -0.15) is 0 Å². The fraction of sp³-hybridized carbons (Fsp3) is 0.440. The monoisotopic (exact) mass is 409 g/mol. The first-order chi connectivity index (χ1) is 14.3. The highest BCUT2D eigenvalue weighted by molar-refractivity contribution is 5.85. The molecule has 0 aliphatic rings. The van der Waals surface area contributed by atoms with Crippen LogP contribution in [0, 0.1) is 25.6 Å². The van der Waals surface area contributed by atoms with Crippen molar-refractivity contribution in [3.63, 3.8) is 0 Å². The molecule has 0 saturated carbocycles. The summed E-state index contributed by atoms with van der Waals surface area (Å²) in [6, 6.07) is 10.4. The van der Waals surface area contributed by atoms with E-state index in [2.05, 4.69) is 56.6 Å². The third-order valence-corrected chi connectivity index (χ3v) is 5.51. The second-order valence-electron chi connectivity index (χ2n) is 8.57. The maximum Gasteiger partial charge on any atom is 0.243 e. The van der Waals surface area contributed by atoms with Crippen molar-refractivity contribution in [2.75, 3.05) is 6.54 Å². The van der Waals surface area contributed by atoms with Crippen molar-refractivity contribution in [2.45, 2.75) is 59.9 Å². The van der Waals surface area contributed by atoms with Crippen LogP contribution in [0.5, 0.6) is 0 Å². The molecule has 2 aromatic carbocycles. The van der Waals surface area contributed by atoms with Gasteiger partial charge in [-0.05, 0) is 67.1 Å². The Hall–Kier alpha value is -2.69. The lowest BCUT2D eigenvalue weighted by Crippen LogP contribution is -2.35. The lowest BCUT2D eigenvalue weighted by molar-refractivity contribution is -0.124. The van der Waals surface area contributed by atoms with Crippen molar-refractivity contribution in [1.29, 1.82) is 0 Å². The Bertz CT molecular complexity index is 1020. The van der Waals surface area contributed by atoms with E-state index in [1.807, 2.05) is 0 Å². The van der Waals surface area contributed by atoms with Gasteiger partial charge in [-0.1, -0.05) is 39.3 Å². The summed E-state index contributed by atoms with van der Waals surface area (Å²) in [7, 11) is 0. The standard InChI is InChI=1S/C25H32FN3O/c1-6-7-22(25(30)27-15-16(2)3)29-23-13-18(5)17(4)12-21(23)28-24(29)14-19-8-10-20(26)11-9-19/h8-13,16,22H,6-7,14-15H2,1-5H3,(H,27,30)/t22-/m0/s1. The van der Waals surface area contributed by atoms with E-state index in [1.54, 1.807) is 12.1 Å². The minimum absolute atomic E-state index is 0.0310. The molecule has 1 aromatic heterocycles. The number of benzene rings is 2. The molecule has 1 N–H and O–H groups in total. The summed E-state index contributed by atoms with van der Waals surface area (Å²) in [5.41, 5.74) is 5.20. The van der Waals surface area contributed by atoms with Crippen LogP contribution in [0.1, 0.15) is 62.2 Å². The molecule has 0 spiro atoms. The first kappa shape index (κ1) is 22.0. The number of halogens is 1. The second kappa shape index (κ2) is 9.41. The van der Waals surface area contributed by atoms with Gasteiger partial charge in [-0.3, -0.25) is 4.79 Å². The minimum Gasteiger partial charge on any atom is -0.354 e. The van der Waals surface area contributed by atoms with Crippen LogP contribution in [-0.4, -0.2) is 22.0 Å². The van der Waals surface area contributed by atoms with E-state index in [-0.39, 0.29) is 17.8 Å². The molecule has 160 valence electrons. The Labute approximate surface area is 178 Å². The quantitative estimate of drug-likeness (QED) is 0.534. The van der Waals surface area contributed by atoms with Crippen LogP contribution in [0.2, 0.25) is 0 Å². The van der Waals surface area contributed by atoms with Crippen molar-refractivity contribution >= 4 is 16.9 Å². The van der Waals surface area contributed by atoms with Gasteiger partial charge in [0.05, 0.1) is 11.0 Å². The minimum atomic E-state index is -0.323. The maximum atomic E-state index is 13.4. The molecule has 3 aromatic rings. The van der Waals surface area contributed by atoms with E-state index in [1.165, 1.54) is 23.3 Å². The Balaban J connectivity index is 2.10. The fourth-order valence-electron chi connectivity index (χ4n) is 3.73. The van der Waals surface area contributed by atoms with Crippen LogP contribution in [0.3, 0.4) is 0 Å². The molecule has 0 aliphatic carbocycles. The van der Waals surface area contributed by atoms with Gasteiger partial charge in [-0.15, -0.1) is 0 Å². The van der Waals surface area contributed by atoms with Gasteiger partial charge in [0.15, 0.2) is 0 Å². The van der Waals surface area contributed by atoms with Gasteiger partial charge in [0.1, 0.15) is 17.7 Å². The summed E-state index contributed by atoms with van der Waals surface area (Å²) in [6.45, 7) is 11.1. The number of amides is 1. The van der Waals surface area contributed by atoms with Crippen LogP contribution >= 0.6 is 0 Å². The summed E-state index contributed by atoms with van der Waals surface area (Å²) in [6.07, 6.45) is 2.17. The largest absolute Gasteiger partial charge is 0.354 e. The van der Waals surface area contributed by atoms with Gasteiger partial charge in [-0.25, -0.2) is 9.37 Å². The molecule has 30 heavy (non-hydrogen) atoms. The van der Waals surface area contributed by atoms with Crippen molar-refractivity contribution in [2.24, 2.45) is 5.92 Å². The number of hydrogen-bond donors (Lipinski definition) is 1. The maximum absolute atomic E-state index is 13.4. The lowest BCUT2D eigenvalue weighted by Gasteiger charge is -2.22. The number of nitrogens with zero attached hydrogens (tertiary/aromatic N) is 2. The highest BCUT2D eigenvalue weighted by Crippen LogP contribution is 2.28.